The minimum absolute atomic E-state index is 0.0994. The first-order valence-corrected chi connectivity index (χ1v) is 6.13. The number of halogens is 2. The molecule has 0 aliphatic heterocycles. The van der Waals surface area contributed by atoms with Gasteiger partial charge in [-0.05, 0) is 33.6 Å². The van der Waals surface area contributed by atoms with Gasteiger partial charge in [-0.25, -0.2) is 4.39 Å². The predicted octanol–water partition coefficient (Wildman–Crippen LogP) is 3.30. The second-order valence-electron chi connectivity index (χ2n) is 3.84. The van der Waals surface area contributed by atoms with E-state index in [9.17, 15) is 4.39 Å². The van der Waals surface area contributed by atoms with E-state index in [-0.39, 0.29) is 6.61 Å². The first kappa shape index (κ1) is 13.5. The summed E-state index contributed by atoms with van der Waals surface area (Å²) in [7, 11) is 0. The summed E-state index contributed by atoms with van der Waals surface area (Å²) < 4.78 is 18.0. The van der Waals surface area contributed by atoms with E-state index in [1.165, 1.54) is 5.56 Å². The number of ether oxygens (including phenoxy) is 1. The van der Waals surface area contributed by atoms with Crippen molar-refractivity contribution in [2.24, 2.45) is 0 Å². The molecule has 2 nitrogen and oxygen atoms in total. The average Bonchev–Trinajstić information content (AvgIpc) is 2.25. The Labute approximate surface area is 104 Å². The summed E-state index contributed by atoms with van der Waals surface area (Å²) in [5.41, 5.74) is 1.17. The van der Waals surface area contributed by atoms with Gasteiger partial charge >= 0.3 is 0 Å². The molecule has 1 N–H and O–H groups in total. The summed E-state index contributed by atoms with van der Waals surface area (Å²) >= 11 is 3.41. The molecular weight excluding hydrogens is 273 g/mol. The summed E-state index contributed by atoms with van der Waals surface area (Å²) in [4.78, 5) is 0. The Hall–Kier alpha value is -0.610. The van der Waals surface area contributed by atoms with Crippen molar-refractivity contribution in [3.05, 3.63) is 28.2 Å². The lowest BCUT2D eigenvalue weighted by molar-refractivity contribution is 0.272. The lowest BCUT2D eigenvalue weighted by atomic mass is 10.2. The zero-order valence-electron chi connectivity index (χ0n) is 9.59. The van der Waals surface area contributed by atoms with Crippen LogP contribution in [0.25, 0.3) is 0 Å². The molecule has 0 unspecified atom stereocenters. The van der Waals surface area contributed by atoms with Crippen molar-refractivity contribution in [3.8, 4) is 5.75 Å². The van der Waals surface area contributed by atoms with E-state index >= 15 is 0 Å². The van der Waals surface area contributed by atoms with Crippen molar-refractivity contribution in [2.45, 2.75) is 26.4 Å². The van der Waals surface area contributed by atoms with Gasteiger partial charge in [0.25, 0.3) is 0 Å². The van der Waals surface area contributed by atoms with Crippen molar-refractivity contribution < 1.29 is 9.13 Å². The topological polar surface area (TPSA) is 21.3 Å². The first-order chi connectivity index (χ1) is 7.63. The van der Waals surface area contributed by atoms with Crippen LogP contribution in [0.2, 0.25) is 0 Å². The summed E-state index contributed by atoms with van der Waals surface area (Å²) in [5, 5.41) is 3.33. The van der Waals surface area contributed by atoms with Gasteiger partial charge in [0, 0.05) is 12.6 Å². The fourth-order valence-corrected chi connectivity index (χ4v) is 1.78. The van der Waals surface area contributed by atoms with Crippen LogP contribution >= 0.6 is 15.9 Å². The van der Waals surface area contributed by atoms with Crippen LogP contribution in [0.15, 0.2) is 22.7 Å². The second-order valence-corrected chi connectivity index (χ2v) is 4.69. The van der Waals surface area contributed by atoms with E-state index in [4.69, 9.17) is 4.74 Å². The third-order valence-corrected chi connectivity index (χ3v) is 2.67. The average molecular weight is 290 g/mol. The molecule has 16 heavy (non-hydrogen) atoms. The molecule has 0 heterocycles. The quantitative estimate of drug-likeness (QED) is 0.868. The van der Waals surface area contributed by atoms with E-state index in [0.717, 1.165) is 11.0 Å². The Balaban J connectivity index is 2.59. The van der Waals surface area contributed by atoms with Gasteiger partial charge in [-0.1, -0.05) is 19.9 Å². The smallest absolute Gasteiger partial charge is 0.133 e. The molecule has 0 fully saturated rings. The summed E-state index contributed by atoms with van der Waals surface area (Å²) in [6.45, 7) is 4.66. The molecule has 0 spiro atoms. The second kappa shape index (κ2) is 6.86. The summed E-state index contributed by atoms with van der Waals surface area (Å²) in [5.74, 6) is 0.686. The highest BCUT2D eigenvalue weighted by atomic mass is 79.9. The van der Waals surface area contributed by atoms with Crippen LogP contribution in [-0.2, 0) is 6.54 Å². The number of hydrogen-bond acceptors (Lipinski definition) is 2. The number of rotatable bonds is 6. The van der Waals surface area contributed by atoms with Crippen LogP contribution in [0.4, 0.5) is 4.39 Å². The van der Waals surface area contributed by atoms with Gasteiger partial charge in [-0.2, -0.15) is 0 Å². The maximum absolute atomic E-state index is 11.9. The van der Waals surface area contributed by atoms with Gasteiger partial charge in [0.15, 0.2) is 0 Å². The van der Waals surface area contributed by atoms with E-state index < -0.39 is 6.67 Å². The Bertz CT molecular complexity index is 331. The van der Waals surface area contributed by atoms with Crippen molar-refractivity contribution in [1.82, 2.24) is 5.32 Å². The van der Waals surface area contributed by atoms with E-state index in [2.05, 4.69) is 35.1 Å². The Morgan fingerprint density at radius 1 is 1.44 bits per heavy atom. The molecule has 0 atom stereocenters. The monoisotopic (exact) mass is 289 g/mol. The first-order valence-electron chi connectivity index (χ1n) is 5.34. The van der Waals surface area contributed by atoms with Gasteiger partial charge in [0.05, 0.1) is 4.47 Å². The molecule has 1 aromatic rings. The van der Waals surface area contributed by atoms with Crippen LogP contribution in [0.1, 0.15) is 19.4 Å². The van der Waals surface area contributed by atoms with Crippen LogP contribution in [-0.4, -0.2) is 19.3 Å². The minimum Gasteiger partial charge on any atom is -0.490 e. The summed E-state index contributed by atoms with van der Waals surface area (Å²) in [6.07, 6.45) is 0. The molecular formula is C12H17BrFNO. The lowest BCUT2D eigenvalue weighted by Gasteiger charge is -2.10. The largest absolute Gasteiger partial charge is 0.490 e. The van der Waals surface area contributed by atoms with Crippen LogP contribution in [0, 0.1) is 0 Å². The minimum atomic E-state index is -0.469. The third kappa shape index (κ3) is 4.49. The van der Waals surface area contributed by atoms with E-state index in [1.54, 1.807) is 0 Å². The van der Waals surface area contributed by atoms with E-state index in [0.29, 0.717) is 11.8 Å². The maximum atomic E-state index is 11.9. The molecule has 0 amide bonds. The zero-order chi connectivity index (χ0) is 12.0. The number of nitrogens with one attached hydrogen (secondary N) is 1. The molecule has 0 radical (unpaired) electrons. The van der Waals surface area contributed by atoms with Crippen molar-refractivity contribution in [3.63, 3.8) is 0 Å². The lowest BCUT2D eigenvalue weighted by Crippen LogP contribution is -2.21. The van der Waals surface area contributed by atoms with Gasteiger partial charge in [0.2, 0.25) is 0 Å². The van der Waals surface area contributed by atoms with Crippen molar-refractivity contribution in [2.75, 3.05) is 13.3 Å². The van der Waals surface area contributed by atoms with Gasteiger partial charge in [-0.3, -0.25) is 0 Å². The normalized spacial score (nSPS) is 10.8. The highest BCUT2D eigenvalue weighted by Crippen LogP contribution is 2.25. The van der Waals surface area contributed by atoms with Gasteiger partial charge < -0.3 is 10.1 Å². The number of alkyl halides is 1. The van der Waals surface area contributed by atoms with Crippen molar-refractivity contribution >= 4 is 15.9 Å². The highest BCUT2D eigenvalue weighted by molar-refractivity contribution is 9.10. The molecule has 0 aliphatic rings. The van der Waals surface area contributed by atoms with Gasteiger partial charge in [-0.15, -0.1) is 0 Å². The molecule has 0 saturated heterocycles. The molecule has 90 valence electrons. The molecule has 4 heteroatoms. The van der Waals surface area contributed by atoms with Gasteiger partial charge in [0.1, 0.15) is 19.0 Å². The SMILES string of the molecule is CC(C)NCc1ccc(OCCF)c(Br)c1. The van der Waals surface area contributed by atoms with Crippen LogP contribution in [0.5, 0.6) is 5.75 Å². The maximum Gasteiger partial charge on any atom is 0.133 e. The Morgan fingerprint density at radius 2 is 2.19 bits per heavy atom. The standard InChI is InChI=1S/C12H17BrFNO/c1-9(2)15-8-10-3-4-12(11(13)7-10)16-6-5-14/h3-4,7,9,15H,5-6,8H2,1-2H3. The molecule has 0 aliphatic carbocycles. The number of benzene rings is 1. The summed E-state index contributed by atoms with van der Waals surface area (Å²) in [6, 6.07) is 6.29. The third-order valence-electron chi connectivity index (χ3n) is 2.05. The Morgan fingerprint density at radius 3 is 2.75 bits per heavy atom. The fraction of sp³-hybridized carbons (Fsp3) is 0.500. The Kier molecular flexibility index (Phi) is 5.77. The van der Waals surface area contributed by atoms with E-state index in [1.807, 2.05) is 18.2 Å². The highest BCUT2D eigenvalue weighted by Gasteiger charge is 2.03. The molecule has 1 rings (SSSR count). The molecule has 0 bridgehead atoms. The molecule has 0 saturated carbocycles. The predicted molar refractivity (Wildman–Crippen MR) is 67.6 cm³/mol. The van der Waals surface area contributed by atoms with Crippen molar-refractivity contribution in [1.29, 1.82) is 0 Å². The van der Waals surface area contributed by atoms with Crippen LogP contribution < -0.4 is 10.1 Å². The molecule has 1 aromatic carbocycles. The molecule has 0 aromatic heterocycles. The van der Waals surface area contributed by atoms with Crippen LogP contribution in [0.3, 0.4) is 0 Å². The fourth-order valence-electron chi connectivity index (χ4n) is 1.24. The number of hydrogen-bond donors (Lipinski definition) is 1. The zero-order valence-corrected chi connectivity index (χ0v) is 11.2.